The lowest BCUT2D eigenvalue weighted by atomic mass is 10.1. The van der Waals surface area contributed by atoms with Crippen LogP contribution in [0.5, 0.6) is 0 Å². The molecule has 2 aromatic rings. The topological polar surface area (TPSA) is 79.2 Å². The van der Waals surface area contributed by atoms with E-state index in [0.717, 1.165) is 24.3 Å². The second-order valence-electron chi connectivity index (χ2n) is 7.20. The highest BCUT2D eigenvalue weighted by Crippen LogP contribution is 2.20. The molecule has 0 radical (unpaired) electrons. The van der Waals surface area contributed by atoms with Crippen LogP contribution < -0.4 is 5.32 Å². The van der Waals surface area contributed by atoms with Crippen LogP contribution >= 0.6 is 23.2 Å². The number of benzene rings is 2. The molecular formula is C22H26Cl2N3O3+. The van der Waals surface area contributed by atoms with Crippen LogP contribution in [0.3, 0.4) is 0 Å². The van der Waals surface area contributed by atoms with Gasteiger partial charge in [-0.05, 0) is 31.2 Å². The number of carbonyl (C=O) groups is 1. The second-order valence-corrected chi connectivity index (χ2v) is 8.05. The van der Waals surface area contributed by atoms with Gasteiger partial charge < -0.3 is 14.8 Å². The first kappa shape index (κ1) is 22.7. The summed E-state index contributed by atoms with van der Waals surface area (Å²) < 4.78 is 10.8. The molecule has 8 heteroatoms. The number of hydrogen-bond donors (Lipinski definition) is 2. The molecule has 2 aromatic carbocycles. The largest absolute Gasteiger partial charge is 0.459 e. The van der Waals surface area contributed by atoms with Gasteiger partial charge in [0, 0.05) is 29.7 Å². The summed E-state index contributed by atoms with van der Waals surface area (Å²) in [6, 6.07) is 12.8. The van der Waals surface area contributed by atoms with E-state index in [0.29, 0.717) is 35.4 Å². The van der Waals surface area contributed by atoms with Crippen LogP contribution in [0.1, 0.15) is 18.1 Å². The Morgan fingerprint density at radius 1 is 1.23 bits per heavy atom. The summed E-state index contributed by atoms with van der Waals surface area (Å²) in [6.07, 6.45) is 0. The normalized spacial score (nSPS) is 15.6. The van der Waals surface area contributed by atoms with E-state index in [1.165, 1.54) is 0 Å². The van der Waals surface area contributed by atoms with Crippen molar-refractivity contribution in [2.75, 3.05) is 32.9 Å². The van der Waals surface area contributed by atoms with Crippen molar-refractivity contribution in [3.63, 3.8) is 0 Å². The maximum absolute atomic E-state index is 12.5. The zero-order chi connectivity index (χ0) is 21.5. The number of rotatable bonds is 8. The Labute approximate surface area is 186 Å². The molecule has 160 valence electrons. The fourth-order valence-electron chi connectivity index (χ4n) is 3.31. The van der Waals surface area contributed by atoms with Crippen molar-refractivity contribution in [2.24, 2.45) is 0 Å². The first-order valence-corrected chi connectivity index (χ1v) is 10.7. The maximum Gasteiger partial charge on any atom is 0.357 e. The van der Waals surface area contributed by atoms with E-state index in [9.17, 15) is 4.79 Å². The molecule has 1 heterocycles. The van der Waals surface area contributed by atoms with Crippen molar-refractivity contribution in [3.05, 3.63) is 63.6 Å². The Morgan fingerprint density at radius 3 is 2.70 bits per heavy atom. The van der Waals surface area contributed by atoms with Gasteiger partial charge in [-0.2, -0.15) is 0 Å². The van der Waals surface area contributed by atoms with Gasteiger partial charge in [-0.15, -0.1) is 0 Å². The molecule has 0 bridgehead atoms. The van der Waals surface area contributed by atoms with Gasteiger partial charge >= 0.3 is 5.97 Å². The van der Waals surface area contributed by atoms with Gasteiger partial charge in [-0.25, -0.2) is 4.79 Å². The minimum Gasteiger partial charge on any atom is -0.459 e. The van der Waals surface area contributed by atoms with E-state index >= 15 is 0 Å². The molecular weight excluding hydrogens is 425 g/mol. The molecule has 1 fully saturated rings. The third-order valence-corrected chi connectivity index (χ3v) is 5.70. The van der Waals surface area contributed by atoms with Crippen molar-refractivity contribution < 1.29 is 19.6 Å². The average Bonchev–Trinajstić information content (AvgIpc) is 2.77. The monoisotopic (exact) mass is 450 g/mol. The van der Waals surface area contributed by atoms with Gasteiger partial charge in [0.25, 0.3) is 0 Å². The third kappa shape index (κ3) is 6.03. The van der Waals surface area contributed by atoms with Crippen LogP contribution in [0, 0.1) is 5.41 Å². The van der Waals surface area contributed by atoms with Crippen LogP contribution in [0.4, 0.5) is 5.69 Å². The molecule has 0 amide bonds. The molecule has 0 aliphatic carbocycles. The van der Waals surface area contributed by atoms with E-state index in [4.69, 9.17) is 38.1 Å². The quantitative estimate of drug-likeness (QED) is 0.368. The lowest BCUT2D eigenvalue weighted by Gasteiger charge is -2.31. The van der Waals surface area contributed by atoms with Crippen molar-refractivity contribution in [2.45, 2.75) is 19.5 Å². The van der Waals surface area contributed by atoms with Gasteiger partial charge in [-0.3, -0.25) is 10.3 Å². The van der Waals surface area contributed by atoms with E-state index in [1.807, 2.05) is 30.4 Å². The number of nitrogens with zero attached hydrogens (tertiary/aromatic N) is 1. The van der Waals surface area contributed by atoms with E-state index in [1.54, 1.807) is 24.3 Å². The van der Waals surface area contributed by atoms with E-state index in [2.05, 4.69) is 4.90 Å². The van der Waals surface area contributed by atoms with Gasteiger partial charge in [0.2, 0.25) is 0 Å². The second kappa shape index (κ2) is 10.9. The Bertz CT molecular complexity index is 901. The van der Waals surface area contributed by atoms with Gasteiger partial charge in [-0.1, -0.05) is 41.4 Å². The molecule has 3 rings (SSSR count). The predicted molar refractivity (Wildman–Crippen MR) is 118 cm³/mol. The molecule has 1 aliphatic rings. The van der Waals surface area contributed by atoms with Crippen molar-refractivity contribution >= 4 is 40.6 Å². The molecule has 3 N–H and O–H groups in total. The molecule has 1 atom stereocenters. The molecule has 0 aromatic heterocycles. The van der Waals surface area contributed by atoms with Crippen LogP contribution in [0.2, 0.25) is 10.0 Å². The molecule has 30 heavy (non-hydrogen) atoms. The van der Waals surface area contributed by atoms with Gasteiger partial charge in [0.15, 0.2) is 5.71 Å². The highest BCUT2D eigenvalue weighted by Gasteiger charge is 2.22. The summed E-state index contributed by atoms with van der Waals surface area (Å²) in [7, 11) is 0. The first-order chi connectivity index (χ1) is 14.5. The Balaban J connectivity index is 1.60. The van der Waals surface area contributed by atoms with Crippen molar-refractivity contribution in [1.82, 2.24) is 4.90 Å². The molecule has 6 nitrogen and oxygen atoms in total. The fraction of sp³-hybridized carbons (Fsp3) is 0.364. The average molecular weight is 451 g/mol. The standard InChI is InChI=1S/C22H25Cl2N3O3/c1-15(27-8-10-29-11-9-27)14-30-22(28)21(25)18-4-2-3-5-20(18)26-13-16-6-7-17(23)12-19(16)24/h2-7,12,15,25-26H,8-11,13-14H2,1H3/p+1. The number of halogens is 2. The first-order valence-electron chi connectivity index (χ1n) is 9.89. The summed E-state index contributed by atoms with van der Waals surface area (Å²) in [4.78, 5) is 14.7. The Morgan fingerprint density at radius 2 is 1.97 bits per heavy atom. The number of carbonyl (C=O) groups excluding carboxylic acids is 1. The summed E-state index contributed by atoms with van der Waals surface area (Å²) in [6.45, 7) is 5.84. The molecule has 1 unspecified atom stereocenters. The van der Waals surface area contributed by atoms with Crippen LogP contribution in [-0.4, -0.2) is 55.5 Å². The lowest BCUT2D eigenvalue weighted by Crippen LogP contribution is -2.76. The van der Waals surface area contributed by atoms with Crippen LogP contribution in [0.15, 0.2) is 42.5 Å². The number of esters is 1. The summed E-state index contributed by atoms with van der Waals surface area (Å²) in [5.41, 5.74) is 2.08. The highest BCUT2D eigenvalue weighted by atomic mass is 35.5. The predicted octanol–water partition coefficient (Wildman–Crippen LogP) is 3.02. The zero-order valence-electron chi connectivity index (χ0n) is 16.9. The van der Waals surface area contributed by atoms with Crippen molar-refractivity contribution in [1.29, 1.82) is 5.41 Å². The minimum atomic E-state index is -0.625. The number of nitrogens with two attached hydrogens (primary N) is 1. The van der Waals surface area contributed by atoms with Crippen LogP contribution in [0.25, 0.3) is 0 Å². The zero-order valence-corrected chi connectivity index (χ0v) is 18.4. The summed E-state index contributed by atoms with van der Waals surface area (Å²) >= 11 is 12.2. The SMILES string of the molecule is CC(COC(=O)C(=N)c1ccccc1[NH2+]Cc1ccc(Cl)cc1Cl)N1CCOCC1. The van der Waals surface area contributed by atoms with Crippen LogP contribution in [-0.2, 0) is 20.8 Å². The summed E-state index contributed by atoms with van der Waals surface area (Å²) in [5, 5.41) is 11.5. The lowest BCUT2D eigenvalue weighted by molar-refractivity contribution is -0.588. The number of ether oxygens (including phenoxy) is 2. The smallest absolute Gasteiger partial charge is 0.357 e. The van der Waals surface area contributed by atoms with Gasteiger partial charge in [0.05, 0.1) is 23.8 Å². The fourth-order valence-corrected chi connectivity index (χ4v) is 3.80. The minimum absolute atomic E-state index is 0.0829. The molecule has 0 spiro atoms. The number of para-hydroxylation sites is 1. The number of quaternary nitrogens is 1. The molecule has 1 aliphatic heterocycles. The molecule has 1 saturated heterocycles. The highest BCUT2D eigenvalue weighted by molar-refractivity contribution is 6.42. The van der Waals surface area contributed by atoms with Crippen molar-refractivity contribution in [3.8, 4) is 0 Å². The number of morpholine rings is 1. The molecule has 0 saturated carbocycles. The van der Waals surface area contributed by atoms with E-state index in [-0.39, 0.29) is 18.4 Å². The Kier molecular flexibility index (Phi) is 8.24. The van der Waals surface area contributed by atoms with Gasteiger partial charge in [0.1, 0.15) is 18.8 Å². The Hall–Kier alpha value is -1.96. The van der Waals surface area contributed by atoms with E-state index < -0.39 is 5.97 Å². The third-order valence-electron chi connectivity index (χ3n) is 5.12. The summed E-state index contributed by atoms with van der Waals surface area (Å²) in [5.74, 6) is -0.625. The number of nitrogens with one attached hydrogen (secondary N) is 1. The number of hydrogen-bond acceptors (Lipinski definition) is 5. The maximum atomic E-state index is 12.5.